The highest BCUT2D eigenvalue weighted by Gasteiger charge is 2.33. The number of aromatic nitrogens is 2. The van der Waals surface area contributed by atoms with Crippen LogP contribution in [0, 0.1) is 12.8 Å². The van der Waals surface area contributed by atoms with Gasteiger partial charge in [0.05, 0.1) is 11.6 Å². The topological polar surface area (TPSA) is 101 Å². The molecule has 128 valence electrons. The largest absolute Gasteiger partial charge is 0.333 e. The molecule has 1 saturated carbocycles. The molecule has 8 nitrogen and oxygen atoms in total. The number of hydrogen-bond donors (Lipinski definition) is 2. The summed E-state index contributed by atoms with van der Waals surface area (Å²) >= 11 is 0. The average Bonchev–Trinajstić information content (AvgIpc) is 3.03. The van der Waals surface area contributed by atoms with Gasteiger partial charge in [0.1, 0.15) is 5.82 Å². The van der Waals surface area contributed by atoms with Crippen molar-refractivity contribution < 1.29 is 9.59 Å². The summed E-state index contributed by atoms with van der Waals surface area (Å²) in [7, 11) is 0. The number of hydrogen-bond acceptors (Lipinski definition) is 4. The van der Waals surface area contributed by atoms with Crippen LogP contribution in [0.3, 0.4) is 0 Å². The highest BCUT2D eigenvalue weighted by atomic mass is 16.2. The quantitative estimate of drug-likeness (QED) is 0.824. The van der Waals surface area contributed by atoms with E-state index in [9.17, 15) is 9.59 Å². The number of urea groups is 1. The standard InChI is InChI=1S/C16H22N6O2/c1-9-8-12(18-15(24)20-16(2,3)4)22(21-9)14-17-11-7-5-6-10(11)13(23)19-14/h8,10H,5-7H2,1-4H3,(H2,18,20,24). The Morgan fingerprint density at radius 2 is 2.08 bits per heavy atom. The molecule has 24 heavy (non-hydrogen) atoms. The molecule has 1 unspecified atom stereocenters. The van der Waals surface area contributed by atoms with E-state index < -0.39 is 0 Å². The Morgan fingerprint density at radius 1 is 1.33 bits per heavy atom. The van der Waals surface area contributed by atoms with E-state index in [0.29, 0.717) is 11.5 Å². The molecule has 8 heteroatoms. The van der Waals surface area contributed by atoms with Gasteiger partial charge in [-0.15, -0.1) is 0 Å². The van der Waals surface area contributed by atoms with E-state index in [2.05, 4.69) is 25.7 Å². The molecule has 3 amide bonds. The number of rotatable bonds is 1. The van der Waals surface area contributed by atoms with Crippen LogP contribution in [0.4, 0.5) is 10.6 Å². The average molecular weight is 330 g/mol. The van der Waals surface area contributed by atoms with Gasteiger partial charge in [-0.1, -0.05) is 0 Å². The van der Waals surface area contributed by atoms with Gasteiger partial charge in [0.2, 0.25) is 0 Å². The van der Waals surface area contributed by atoms with Crippen LogP contribution >= 0.6 is 0 Å². The SMILES string of the molecule is Cc1cc(NC(=O)NC(C)(C)C)n(C2=NC(=O)C3CCCC3=N2)n1. The van der Waals surface area contributed by atoms with Crippen molar-refractivity contribution in [2.75, 3.05) is 5.32 Å². The number of aryl methyl sites for hydroxylation is 1. The number of nitrogens with one attached hydrogen (secondary N) is 2. The zero-order valence-electron chi connectivity index (χ0n) is 14.4. The van der Waals surface area contributed by atoms with Crippen LogP contribution < -0.4 is 10.6 Å². The Bertz CT molecular complexity index is 753. The lowest BCUT2D eigenvalue weighted by atomic mass is 10.1. The molecule has 1 atom stereocenters. The molecular weight excluding hydrogens is 308 g/mol. The Morgan fingerprint density at radius 3 is 2.79 bits per heavy atom. The molecule has 1 aromatic rings. The summed E-state index contributed by atoms with van der Waals surface area (Å²) in [5.74, 6) is 0.297. The minimum absolute atomic E-state index is 0.175. The third kappa shape index (κ3) is 3.37. The first kappa shape index (κ1) is 16.4. The number of amides is 3. The van der Waals surface area contributed by atoms with Gasteiger partial charge in [-0.2, -0.15) is 14.8 Å². The lowest BCUT2D eigenvalue weighted by Gasteiger charge is -2.21. The van der Waals surface area contributed by atoms with Crippen LogP contribution in [0.5, 0.6) is 0 Å². The van der Waals surface area contributed by atoms with Crippen molar-refractivity contribution in [1.82, 2.24) is 15.1 Å². The van der Waals surface area contributed by atoms with Crippen LogP contribution in [0.1, 0.15) is 45.7 Å². The van der Waals surface area contributed by atoms with Gasteiger partial charge in [-0.3, -0.25) is 10.1 Å². The molecule has 2 N–H and O–H groups in total. The zero-order chi connectivity index (χ0) is 17.5. The summed E-state index contributed by atoms with van der Waals surface area (Å²) in [4.78, 5) is 32.9. The van der Waals surface area contributed by atoms with Crippen LogP contribution in [-0.4, -0.2) is 38.9 Å². The molecule has 1 aliphatic heterocycles. The number of anilines is 1. The van der Waals surface area contributed by atoms with E-state index in [1.165, 1.54) is 4.68 Å². The molecule has 1 aliphatic carbocycles. The van der Waals surface area contributed by atoms with Crippen molar-refractivity contribution in [3.05, 3.63) is 11.8 Å². The second kappa shape index (κ2) is 5.85. The Labute approximate surface area is 140 Å². The second-order valence-corrected chi connectivity index (χ2v) is 7.21. The van der Waals surface area contributed by atoms with Crippen molar-refractivity contribution in [3.8, 4) is 0 Å². The van der Waals surface area contributed by atoms with E-state index in [1.54, 1.807) is 13.0 Å². The van der Waals surface area contributed by atoms with E-state index in [-0.39, 0.29) is 29.4 Å². The molecule has 0 spiro atoms. The first-order chi connectivity index (χ1) is 11.2. The van der Waals surface area contributed by atoms with Gasteiger partial charge >= 0.3 is 6.03 Å². The number of carbonyl (C=O) groups excluding carboxylic acids is 2. The Balaban J connectivity index is 1.87. The number of fused-ring (bicyclic) bond motifs is 1. The summed E-state index contributed by atoms with van der Waals surface area (Å²) in [6.07, 6.45) is 2.57. The van der Waals surface area contributed by atoms with Gasteiger partial charge in [0.15, 0.2) is 0 Å². The summed E-state index contributed by atoms with van der Waals surface area (Å²) < 4.78 is 1.41. The van der Waals surface area contributed by atoms with Crippen molar-refractivity contribution in [3.63, 3.8) is 0 Å². The van der Waals surface area contributed by atoms with E-state index in [0.717, 1.165) is 25.0 Å². The maximum Gasteiger partial charge on any atom is 0.320 e. The maximum absolute atomic E-state index is 12.2. The fourth-order valence-electron chi connectivity index (χ4n) is 2.88. The molecule has 0 bridgehead atoms. The third-order valence-electron chi connectivity index (χ3n) is 3.83. The van der Waals surface area contributed by atoms with E-state index in [4.69, 9.17) is 0 Å². The van der Waals surface area contributed by atoms with Crippen molar-refractivity contribution in [2.24, 2.45) is 15.9 Å². The Hall–Kier alpha value is -2.51. The van der Waals surface area contributed by atoms with Crippen LogP contribution in [-0.2, 0) is 4.79 Å². The monoisotopic (exact) mass is 330 g/mol. The highest BCUT2D eigenvalue weighted by molar-refractivity contribution is 6.17. The minimum Gasteiger partial charge on any atom is -0.333 e. The summed E-state index contributed by atoms with van der Waals surface area (Å²) in [6.45, 7) is 7.49. The molecule has 2 heterocycles. The third-order valence-corrected chi connectivity index (χ3v) is 3.83. The highest BCUT2D eigenvalue weighted by Crippen LogP contribution is 2.27. The van der Waals surface area contributed by atoms with Crippen molar-refractivity contribution in [1.29, 1.82) is 0 Å². The number of carbonyl (C=O) groups is 2. The van der Waals surface area contributed by atoms with Gasteiger partial charge in [-0.25, -0.2) is 9.79 Å². The fraction of sp³-hybridized carbons (Fsp3) is 0.562. The summed E-state index contributed by atoms with van der Waals surface area (Å²) in [5.41, 5.74) is 1.20. The molecule has 3 rings (SSSR count). The molecule has 1 aromatic heterocycles. The molecule has 1 fully saturated rings. The summed E-state index contributed by atoms with van der Waals surface area (Å²) in [5, 5.41) is 9.88. The smallest absolute Gasteiger partial charge is 0.320 e. The predicted molar refractivity (Wildman–Crippen MR) is 91.5 cm³/mol. The van der Waals surface area contributed by atoms with Crippen molar-refractivity contribution in [2.45, 2.75) is 52.5 Å². The first-order valence-electron chi connectivity index (χ1n) is 8.09. The lowest BCUT2D eigenvalue weighted by Crippen LogP contribution is -2.43. The van der Waals surface area contributed by atoms with Gasteiger partial charge in [-0.05, 0) is 47.0 Å². The lowest BCUT2D eigenvalue weighted by molar-refractivity contribution is -0.119. The van der Waals surface area contributed by atoms with Crippen molar-refractivity contribution >= 4 is 29.4 Å². The van der Waals surface area contributed by atoms with Gasteiger partial charge in [0.25, 0.3) is 11.9 Å². The zero-order valence-corrected chi connectivity index (χ0v) is 14.4. The first-order valence-corrected chi connectivity index (χ1v) is 8.09. The normalized spacial score (nSPS) is 20.3. The number of aliphatic imine (C=N–C) groups is 2. The number of nitrogens with zero attached hydrogens (tertiary/aromatic N) is 4. The van der Waals surface area contributed by atoms with Gasteiger partial charge < -0.3 is 5.32 Å². The fourth-order valence-corrected chi connectivity index (χ4v) is 2.88. The predicted octanol–water partition coefficient (Wildman–Crippen LogP) is 2.10. The molecule has 2 aliphatic rings. The summed E-state index contributed by atoms with van der Waals surface area (Å²) in [6, 6.07) is 1.37. The molecule has 0 radical (unpaired) electrons. The van der Waals surface area contributed by atoms with Gasteiger partial charge in [0, 0.05) is 17.3 Å². The molecule has 0 aromatic carbocycles. The Kier molecular flexibility index (Phi) is 3.98. The van der Waals surface area contributed by atoms with E-state index in [1.807, 2.05) is 20.8 Å². The second-order valence-electron chi connectivity index (χ2n) is 7.21. The van der Waals surface area contributed by atoms with Crippen LogP contribution in [0.2, 0.25) is 0 Å². The molecular formula is C16H22N6O2. The molecule has 0 saturated heterocycles. The van der Waals surface area contributed by atoms with Crippen LogP contribution in [0.25, 0.3) is 0 Å². The van der Waals surface area contributed by atoms with Crippen LogP contribution in [0.15, 0.2) is 16.1 Å². The maximum atomic E-state index is 12.2. The van der Waals surface area contributed by atoms with E-state index >= 15 is 0 Å². The minimum atomic E-state index is -0.362.